The molecule has 0 radical (unpaired) electrons. The van der Waals surface area contributed by atoms with Crippen molar-refractivity contribution < 1.29 is 31.7 Å². The van der Waals surface area contributed by atoms with E-state index in [9.17, 15) is 27.1 Å². The van der Waals surface area contributed by atoms with Crippen LogP contribution >= 0.6 is 10.8 Å². The van der Waals surface area contributed by atoms with E-state index in [-0.39, 0.29) is 41.6 Å². The number of carbonyl (C=O) groups is 1. The van der Waals surface area contributed by atoms with Gasteiger partial charge in [-0.05, 0) is 92.8 Å². The summed E-state index contributed by atoms with van der Waals surface area (Å²) in [5.41, 5.74) is -1.98. The van der Waals surface area contributed by atoms with Gasteiger partial charge in [-0.3, -0.25) is 9.35 Å². The van der Waals surface area contributed by atoms with E-state index in [4.69, 9.17) is 4.55 Å². The fraction of sp³-hybridized carbons (Fsp3) is 0.952. The second-order valence-corrected chi connectivity index (χ2v) is 13.8. The minimum absolute atomic E-state index is 0.0885. The molecule has 0 aromatic rings. The van der Waals surface area contributed by atoms with Crippen LogP contribution in [0.25, 0.3) is 0 Å². The van der Waals surface area contributed by atoms with Gasteiger partial charge in [-0.2, -0.15) is 8.42 Å². The van der Waals surface area contributed by atoms with Gasteiger partial charge in [0.25, 0.3) is 6.43 Å². The van der Waals surface area contributed by atoms with Gasteiger partial charge in [-0.15, -0.1) is 0 Å². The second kappa shape index (κ2) is 7.96. The maximum absolute atomic E-state index is 13.3. The third-order valence-corrected chi connectivity index (χ3v) is 11.1. The summed E-state index contributed by atoms with van der Waals surface area (Å²) in [4.78, 5) is 12.8. The van der Waals surface area contributed by atoms with E-state index in [0.29, 0.717) is 40.9 Å². The van der Waals surface area contributed by atoms with Crippen LogP contribution in [0.5, 0.6) is 0 Å². The SMILES string of the molecule is C[C@]12CCC3C(CC[C@H]4C[C@@](O)(C(F)F)CC[C@H]34)C1CC[C@@H]2C(=O)CSS(=O)(=O)O. The van der Waals surface area contributed by atoms with E-state index in [2.05, 4.69) is 6.92 Å². The molecule has 5 nitrogen and oxygen atoms in total. The third kappa shape index (κ3) is 3.97. The minimum Gasteiger partial charge on any atom is -0.384 e. The molecule has 30 heavy (non-hydrogen) atoms. The van der Waals surface area contributed by atoms with E-state index in [1.807, 2.05) is 0 Å². The molecular formula is C21H32F2O5S2. The third-order valence-electron chi connectivity index (χ3n) is 9.19. The normalized spacial score (nSPS) is 46.2. The van der Waals surface area contributed by atoms with Gasteiger partial charge < -0.3 is 5.11 Å². The molecule has 3 unspecified atom stereocenters. The van der Waals surface area contributed by atoms with E-state index in [1.54, 1.807) is 0 Å². The first-order valence-corrected chi connectivity index (χ1v) is 14.0. The molecule has 0 saturated heterocycles. The molecule has 4 aliphatic carbocycles. The highest BCUT2D eigenvalue weighted by atomic mass is 33.1. The summed E-state index contributed by atoms with van der Waals surface area (Å²) < 4.78 is 57.7. The summed E-state index contributed by atoms with van der Waals surface area (Å²) in [6, 6.07) is 0. The molecule has 4 rings (SSSR count). The number of carbonyl (C=O) groups excluding carboxylic acids is 1. The predicted octanol–water partition coefficient (Wildman–Crippen LogP) is 4.36. The van der Waals surface area contributed by atoms with Crippen LogP contribution in [0.2, 0.25) is 0 Å². The first kappa shape index (κ1) is 22.9. The topological polar surface area (TPSA) is 91.7 Å². The fourth-order valence-electron chi connectivity index (χ4n) is 7.87. The Bertz CT molecular complexity index is 790. The van der Waals surface area contributed by atoms with Crippen molar-refractivity contribution in [2.45, 2.75) is 76.7 Å². The van der Waals surface area contributed by atoms with Gasteiger partial charge in [-0.1, -0.05) is 6.92 Å². The maximum atomic E-state index is 13.3. The quantitative estimate of drug-likeness (QED) is 0.462. The number of halogens is 2. The summed E-state index contributed by atoms with van der Waals surface area (Å²) in [6.07, 6.45) is 3.75. The number of hydrogen-bond acceptors (Lipinski definition) is 5. The molecule has 0 heterocycles. The van der Waals surface area contributed by atoms with Crippen LogP contribution in [0.1, 0.15) is 64.7 Å². The number of ketones is 1. The van der Waals surface area contributed by atoms with Crippen LogP contribution in [-0.4, -0.2) is 41.6 Å². The molecule has 4 aliphatic rings. The van der Waals surface area contributed by atoms with E-state index < -0.39 is 21.2 Å². The summed E-state index contributed by atoms with van der Waals surface area (Å²) in [6.45, 7) is 2.17. The number of aliphatic hydroxyl groups is 1. The van der Waals surface area contributed by atoms with Crippen LogP contribution in [-0.2, 0) is 13.9 Å². The van der Waals surface area contributed by atoms with Crippen molar-refractivity contribution in [1.29, 1.82) is 0 Å². The van der Waals surface area contributed by atoms with Crippen LogP contribution in [0.4, 0.5) is 8.78 Å². The Labute approximate surface area is 180 Å². The summed E-state index contributed by atoms with van der Waals surface area (Å²) >= 11 is 0. The lowest BCUT2D eigenvalue weighted by Crippen LogP contribution is -2.53. The monoisotopic (exact) mass is 466 g/mol. The molecule has 0 bridgehead atoms. The van der Waals surface area contributed by atoms with Crippen LogP contribution < -0.4 is 0 Å². The number of rotatable bonds is 5. The van der Waals surface area contributed by atoms with Crippen molar-refractivity contribution in [3.63, 3.8) is 0 Å². The number of Topliss-reactive ketones (excluding diaryl/α,β-unsaturated/α-hetero) is 1. The van der Waals surface area contributed by atoms with Crippen molar-refractivity contribution in [3.05, 3.63) is 0 Å². The Hall–Kier alpha value is -0.250. The molecule has 4 saturated carbocycles. The molecule has 0 spiro atoms. The van der Waals surface area contributed by atoms with Crippen LogP contribution in [0.3, 0.4) is 0 Å². The molecule has 0 aromatic carbocycles. The van der Waals surface area contributed by atoms with E-state index >= 15 is 0 Å². The van der Waals surface area contributed by atoms with Gasteiger partial charge in [0.05, 0.1) is 5.75 Å². The molecule has 4 fully saturated rings. The molecule has 172 valence electrons. The van der Waals surface area contributed by atoms with Gasteiger partial charge in [0.2, 0.25) is 0 Å². The van der Waals surface area contributed by atoms with Crippen molar-refractivity contribution in [3.8, 4) is 0 Å². The number of hydrogen-bond donors (Lipinski definition) is 2. The lowest BCUT2D eigenvalue weighted by atomic mass is 9.49. The highest BCUT2D eigenvalue weighted by Gasteiger charge is 2.59. The smallest absolute Gasteiger partial charge is 0.320 e. The van der Waals surface area contributed by atoms with Gasteiger partial charge in [0, 0.05) is 16.7 Å². The average molecular weight is 467 g/mol. The summed E-state index contributed by atoms with van der Waals surface area (Å²) in [7, 11) is -3.92. The number of fused-ring (bicyclic) bond motifs is 5. The molecule has 8 atom stereocenters. The molecule has 0 amide bonds. The minimum atomic E-state index is -4.22. The molecule has 0 aliphatic heterocycles. The lowest BCUT2D eigenvalue weighted by Gasteiger charge is -2.57. The lowest BCUT2D eigenvalue weighted by molar-refractivity contribution is -0.160. The van der Waals surface area contributed by atoms with Gasteiger partial charge in [0.15, 0.2) is 0 Å². The zero-order chi connectivity index (χ0) is 21.9. The van der Waals surface area contributed by atoms with Gasteiger partial charge in [0.1, 0.15) is 11.4 Å². The zero-order valence-electron chi connectivity index (χ0n) is 17.3. The first-order valence-electron chi connectivity index (χ1n) is 11.1. The maximum Gasteiger partial charge on any atom is 0.320 e. The Balaban J connectivity index is 1.46. The molecule has 0 aromatic heterocycles. The molecule has 2 N–H and O–H groups in total. The van der Waals surface area contributed by atoms with Crippen LogP contribution in [0, 0.1) is 40.9 Å². The predicted molar refractivity (Wildman–Crippen MR) is 111 cm³/mol. The summed E-state index contributed by atoms with van der Waals surface area (Å²) in [5, 5.41) is 10.3. The van der Waals surface area contributed by atoms with Crippen molar-refractivity contribution in [1.82, 2.24) is 0 Å². The standard InChI is InChI=1S/C21H32F2O5S2/c1-20-8-6-14-13-7-9-21(25,19(22)23)10-12(13)2-3-15(14)16(20)4-5-17(20)18(24)11-29-30(26,27)28/h12-17,19,25H,2-11H2,1H3,(H,26,27,28)/t12-,13-,14?,15?,16?,17+,20-,21+/m0/s1. The zero-order valence-corrected chi connectivity index (χ0v) is 18.9. The highest BCUT2D eigenvalue weighted by molar-refractivity contribution is 8.70. The Morgan fingerprint density at radius 1 is 1.07 bits per heavy atom. The largest absolute Gasteiger partial charge is 0.384 e. The Morgan fingerprint density at radius 2 is 1.77 bits per heavy atom. The average Bonchev–Trinajstić information content (AvgIpc) is 3.02. The highest BCUT2D eigenvalue weighted by Crippen LogP contribution is 2.65. The van der Waals surface area contributed by atoms with Crippen LogP contribution in [0.15, 0.2) is 0 Å². The number of alkyl halides is 2. The van der Waals surface area contributed by atoms with Crippen molar-refractivity contribution in [2.75, 3.05) is 5.75 Å². The first-order chi connectivity index (χ1) is 13.9. The molecule has 9 heteroatoms. The molecular weight excluding hydrogens is 434 g/mol. The van der Waals surface area contributed by atoms with Crippen molar-refractivity contribution in [2.24, 2.45) is 40.9 Å². The van der Waals surface area contributed by atoms with Gasteiger partial charge >= 0.3 is 9.15 Å². The van der Waals surface area contributed by atoms with Gasteiger partial charge in [-0.25, -0.2) is 8.78 Å². The summed E-state index contributed by atoms with van der Waals surface area (Å²) in [5.74, 6) is 1.43. The Kier molecular flexibility index (Phi) is 6.08. The second-order valence-electron chi connectivity index (χ2n) is 10.4. The van der Waals surface area contributed by atoms with E-state index in [1.165, 1.54) is 0 Å². The fourth-order valence-corrected chi connectivity index (χ4v) is 9.13. The van der Waals surface area contributed by atoms with Crippen molar-refractivity contribution >= 4 is 25.7 Å². The van der Waals surface area contributed by atoms with E-state index in [0.717, 1.165) is 38.5 Å². The Morgan fingerprint density at radius 3 is 2.43 bits per heavy atom.